The number of hydrogen-bond acceptors (Lipinski definition) is 2. The molecule has 1 aromatic carbocycles. The van der Waals surface area contributed by atoms with Crippen LogP contribution in [0.15, 0.2) is 24.3 Å². The summed E-state index contributed by atoms with van der Waals surface area (Å²) in [7, 11) is -0.718. The third-order valence-electron chi connectivity index (χ3n) is 3.17. The van der Waals surface area contributed by atoms with E-state index >= 15 is 0 Å². The van der Waals surface area contributed by atoms with Gasteiger partial charge in [0.2, 0.25) is 0 Å². The van der Waals surface area contributed by atoms with Crippen molar-refractivity contribution in [3.05, 3.63) is 35.4 Å². The lowest BCUT2D eigenvalue weighted by atomic mass is 10.1. The fourth-order valence-electron chi connectivity index (χ4n) is 2.03. The molecule has 0 saturated heterocycles. The first kappa shape index (κ1) is 12.8. The predicted molar refractivity (Wildman–Crippen MR) is 73.7 cm³/mol. The SMILES string of the molecule is CC(CS(C)=O)NCc1ccc(C2CC2)cc1. The third-order valence-corrected chi connectivity index (χ3v) is 4.14. The zero-order valence-electron chi connectivity index (χ0n) is 10.6. The lowest BCUT2D eigenvalue weighted by molar-refractivity contribution is 0.587. The topological polar surface area (TPSA) is 29.1 Å². The smallest absolute Gasteiger partial charge is 0.0383 e. The molecule has 2 atom stereocenters. The lowest BCUT2D eigenvalue weighted by Crippen LogP contribution is -2.30. The van der Waals surface area contributed by atoms with E-state index in [1.807, 2.05) is 0 Å². The van der Waals surface area contributed by atoms with E-state index in [9.17, 15) is 4.21 Å². The second-order valence-electron chi connectivity index (χ2n) is 5.04. The molecule has 2 nitrogen and oxygen atoms in total. The molecule has 17 heavy (non-hydrogen) atoms. The predicted octanol–water partition coefficient (Wildman–Crippen LogP) is 2.42. The van der Waals surface area contributed by atoms with E-state index in [0.29, 0.717) is 6.04 Å². The van der Waals surface area contributed by atoms with E-state index < -0.39 is 10.8 Å². The maximum absolute atomic E-state index is 11.1. The summed E-state index contributed by atoms with van der Waals surface area (Å²) < 4.78 is 11.1. The molecule has 2 unspecified atom stereocenters. The Hall–Kier alpha value is -0.670. The van der Waals surface area contributed by atoms with Gasteiger partial charge in [-0.3, -0.25) is 4.21 Å². The molecule has 0 bridgehead atoms. The molecule has 0 aromatic heterocycles. The summed E-state index contributed by atoms with van der Waals surface area (Å²) in [4.78, 5) is 0. The first-order valence-electron chi connectivity index (χ1n) is 6.27. The number of rotatable bonds is 6. The molecule has 2 rings (SSSR count). The van der Waals surface area contributed by atoms with E-state index in [1.165, 1.54) is 24.0 Å². The highest BCUT2D eigenvalue weighted by atomic mass is 32.2. The molecular weight excluding hydrogens is 230 g/mol. The van der Waals surface area contributed by atoms with E-state index in [-0.39, 0.29) is 0 Å². The van der Waals surface area contributed by atoms with Crippen LogP contribution in [-0.2, 0) is 17.3 Å². The summed E-state index contributed by atoms with van der Waals surface area (Å²) in [6.07, 6.45) is 4.47. The first-order valence-corrected chi connectivity index (χ1v) is 8.00. The van der Waals surface area contributed by atoms with Crippen molar-refractivity contribution in [2.45, 2.75) is 38.3 Å². The van der Waals surface area contributed by atoms with Crippen molar-refractivity contribution in [1.82, 2.24) is 5.32 Å². The van der Waals surface area contributed by atoms with Gasteiger partial charge in [0.05, 0.1) is 0 Å². The molecule has 0 amide bonds. The van der Waals surface area contributed by atoms with Crippen LogP contribution < -0.4 is 5.32 Å². The van der Waals surface area contributed by atoms with Crippen LogP contribution in [0.3, 0.4) is 0 Å². The van der Waals surface area contributed by atoms with Crippen molar-refractivity contribution in [1.29, 1.82) is 0 Å². The minimum atomic E-state index is -0.718. The molecule has 1 N–H and O–H groups in total. The van der Waals surface area contributed by atoms with Crippen molar-refractivity contribution in [3.8, 4) is 0 Å². The van der Waals surface area contributed by atoms with Crippen molar-refractivity contribution in [2.24, 2.45) is 0 Å². The van der Waals surface area contributed by atoms with E-state index in [2.05, 4.69) is 36.5 Å². The number of benzene rings is 1. The van der Waals surface area contributed by atoms with Crippen LogP contribution in [0.5, 0.6) is 0 Å². The average molecular weight is 251 g/mol. The van der Waals surface area contributed by atoms with Crippen LogP contribution in [0.4, 0.5) is 0 Å². The molecule has 3 heteroatoms. The van der Waals surface area contributed by atoms with Gasteiger partial charge in [-0.2, -0.15) is 0 Å². The van der Waals surface area contributed by atoms with Gasteiger partial charge >= 0.3 is 0 Å². The minimum absolute atomic E-state index is 0.309. The van der Waals surface area contributed by atoms with Gasteiger partial charge in [0.1, 0.15) is 0 Å². The number of nitrogens with one attached hydrogen (secondary N) is 1. The summed E-state index contributed by atoms with van der Waals surface area (Å²) >= 11 is 0. The quantitative estimate of drug-likeness (QED) is 0.841. The Morgan fingerprint density at radius 1 is 1.35 bits per heavy atom. The average Bonchev–Trinajstić information content (AvgIpc) is 3.10. The van der Waals surface area contributed by atoms with Crippen LogP contribution in [0, 0.1) is 0 Å². The Bertz CT molecular complexity index is 384. The van der Waals surface area contributed by atoms with Crippen LogP contribution in [0.2, 0.25) is 0 Å². The molecule has 1 aromatic rings. The normalized spacial score (nSPS) is 18.9. The molecule has 1 saturated carbocycles. The van der Waals surface area contributed by atoms with Crippen LogP contribution in [0.1, 0.15) is 36.8 Å². The van der Waals surface area contributed by atoms with Gasteiger partial charge in [-0.1, -0.05) is 24.3 Å². The van der Waals surface area contributed by atoms with Gasteiger partial charge in [-0.25, -0.2) is 0 Å². The summed E-state index contributed by atoms with van der Waals surface area (Å²) in [6.45, 7) is 2.95. The Morgan fingerprint density at radius 2 is 2.00 bits per heavy atom. The monoisotopic (exact) mass is 251 g/mol. The zero-order chi connectivity index (χ0) is 12.3. The van der Waals surface area contributed by atoms with Gasteiger partial charge in [-0.15, -0.1) is 0 Å². The van der Waals surface area contributed by atoms with Gasteiger partial charge in [-0.05, 0) is 36.8 Å². The molecule has 1 fully saturated rings. The summed E-state index contributed by atoms with van der Waals surface area (Å²) in [5, 5.41) is 3.40. The van der Waals surface area contributed by atoms with E-state index in [0.717, 1.165) is 18.2 Å². The Labute approximate surface area is 106 Å². The van der Waals surface area contributed by atoms with Crippen molar-refractivity contribution in [2.75, 3.05) is 12.0 Å². The van der Waals surface area contributed by atoms with Crippen molar-refractivity contribution in [3.63, 3.8) is 0 Å². The van der Waals surface area contributed by atoms with Crippen molar-refractivity contribution >= 4 is 10.8 Å². The van der Waals surface area contributed by atoms with Crippen LogP contribution >= 0.6 is 0 Å². The molecule has 0 radical (unpaired) electrons. The molecule has 1 aliphatic carbocycles. The zero-order valence-corrected chi connectivity index (χ0v) is 11.4. The standard InChI is InChI=1S/C14H21NOS/c1-11(10-17(2)16)15-9-12-3-5-13(6-4-12)14-7-8-14/h3-6,11,14-15H,7-10H2,1-2H3. The highest BCUT2D eigenvalue weighted by Gasteiger charge is 2.22. The second-order valence-corrected chi connectivity index (χ2v) is 6.52. The first-order chi connectivity index (χ1) is 8.15. The maximum Gasteiger partial charge on any atom is 0.0383 e. The maximum atomic E-state index is 11.1. The highest BCUT2D eigenvalue weighted by Crippen LogP contribution is 2.39. The van der Waals surface area contributed by atoms with E-state index in [1.54, 1.807) is 6.26 Å². The summed E-state index contributed by atoms with van der Waals surface area (Å²) in [6, 6.07) is 9.21. The molecule has 94 valence electrons. The molecular formula is C14H21NOS. The van der Waals surface area contributed by atoms with Gasteiger partial charge in [0.15, 0.2) is 0 Å². The second kappa shape index (κ2) is 5.78. The fraction of sp³-hybridized carbons (Fsp3) is 0.571. The van der Waals surface area contributed by atoms with Gasteiger partial charge < -0.3 is 5.32 Å². The van der Waals surface area contributed by atoms with E-state index in [4.69, 9.17) is 0 Å². The molecule has 1 aliphatic rings. The van der Waals surface area contributed by atoms with Crippen LogP contribution in [-0.4, -0.2) is 22.3 Å². The number of hydrogen-bond donors (Lipinski definition) is 1. The molecule has 0 aliphatic heterocycles. The van der Waals surface area contributed by atoms with Gasteiger partial charge in [0, 0.05) is 35.4 Å². The Kier molecular flexibility index (Phi) is 4.35. The fourth-order valence-corrected chi connectivity index (χ4v) is 2.85. The van der Waals surface area contributed by atoms with Crippen LogP contribution in [0.25, 0.3) is 0 Å². The largest absolute Gasteiger partial charge is 0.309 e. The van der Waals surface area contributed by atoms with Gasteiger partial charge in [0.25, 0.3) is 0 Å². The molecule has 0 spiro atoms. The highest BCUT2D eigenvalue weighted by molar-refractivity contribution is 7.84. The Morgan fingerprint density at radius 3 is 2.53 bits per heavy atom. The van der Waals surface area contributed by atoms with Crippen molar-refractivity contribution < 1.29 is 4.21 Å². The third kappa shape index (κ3) is 4.25. The lowest BCUT2D eigenvalue weighted by Gasteiger charge is -2.12. The Balaban J connectivity index is 1.80. The summed E-state index contributed by atoms with van der Waals surface area (Å²) in [5.41, 5.74) is 2.79. The summed E-state index contributed by atoms with van der Waals surface area (Å²) in [5.74, 6) is 1.55. The minimum Gasteiger partial charge on any atom is -0.309 e. The molecule has 0 heterocycles.